The summed E-state index contributed by atoms with van der Waals surface area (Å²) in [6, 6.07) is 67.9. The SMILES string of the molecule is Cc1cc(-c2sc(-c3ccc4c(c3)oc3ccccc34)c3ccccc23)cc(-c2[c-]c(-c3cc(-c4ccccc4)cc(-c4ccc(-c5ccccc5)cc4O)n3)ccc2)n1.[Pt]. The predicted molar refractivity (Wildman–Crippen MR) is 248 cm³/mol. The first-order valence-electron chi connectivity index (χ1n) is 19.9. The van der Waals surface area contributed by atoms with E-state index in [1.54, 1.807) is 11.3 Å². The first kappa shape index (κ1) is 38.3. The molecular formula is C55H35N2O2PtS-. The molecule has 11 rings (SSSR count). The molecule has 0 aliphatic carbocycles. The Morgan fingerprint density at radius 3 is 1.74 bits per heavy atom. The van der Waals surface area contributed by atoms with Crippen molar-refractivity contribution < 1.29 is 30.6 Å². The molecule has 0 saturated heterocycles. The van der Waals surface area contributed by atoms with Crippen LogP contribution in [0.3, 0.4) is 0 Å². The minimum atomic E-state index is 0. The number of aromatic nitrogens is 2. The number of hydrogen-bond donors (Lipinski definition) is 1. The second kappa shape index (κ2) is 15.9. The number of thiophene rings is 1. The molecule has 0 aliphatic heterocycles. The molecule has 0 amide bonds. The van der Waals surface area contributed by atoms with Crippen LogP contribution in [0.5, 0.6) is 5.75 Å². The van der Waals surface area contributed by atoms with Crippen molar-refractivity contribution in [2.24, 2.45) is 0 Å². The van der Waals surface area contributed by atoms with Crippen molar-refractivity contribution in [3.8, 4) is 82.7 Å². The van der Waals surface area contributed by atoms with E-state index in [2.05, 4.69) is 104 Å². The molecule has 6 heteroatoms. The van der Waals surface area contributed by atoms with Crippen molar-refractivity contribution in [1.82, 2.24) is 9.97 Å². The normalized spacial score (nSPS) is 11.3. The van der Waals surface area contributed by atoms with Gasteiger partial charge < -0.3 is 9.52 Å². The Hall–Kier alpha value is -6.91. The van der Waals surface area contributed by atoms with Crippen molar-refractivity contribution in [3.63, 3.8) is 0 Å². The zero-order valence-corrected chi connectivity index (χ0v) is 36.0. The summed E-state index contributed by atoms with van der Waals surface area (Å²) >= 11 is 1.80. The molecule has 0 spiro atoms. The summed E-state index contributed by atoms with van der Waals surface area (Å²) in [4.78, 5) is 12.6. The molecule has 61 heavy (non-hydrogen) atoms. The Morgan fingerprint density at radius 1 is 0.443 bits per heavy atom. The summed E-state index contributed by atoms with van der Waals surface area (Å²) in [6.45, 7) is 2.05. The van der Waals surface area contributed by atoms with Gasteiger partial charge in [0.2, 0.25) is 0 Å². The number of phenols is 1. The van der Waals surface area contributed by atoms with Crippen LogP contribution in [0.15, 0.2) is 192 Å². The molecule has 0 aliphatic rings. The van der Waals surface area contributed by atoms with Crippen molar-refractivity contribution in [3.05, 3.63) is 200 Å². The summed E-state index contributed by atoms with van der Waals surface area (Å²) in [5, 5.41) is 16.1. The molecule has 0 radical (unpaired) electrons. The predicted octanol–water partition coefficient (Wildman–Crippen LogP) is 15.1. The van der Waals surface area contributed by atoms with Gasteiger partial charge in [-0.3, -0.25) is 9.97 Å². The third-order valence-electron chi connectivity index (χ3n) is 11.1. The van der Waals surface area contributed by atoms with E-state index in [1.165, 1.54) is 20.5 Å². The average molecular weight is 983 g/mol. The van der Waals surface area contributed by atoms with E-state index in [4.69, 9.17) is 14.4 Å². The summed E-state index contributed by atoms with van der Waals surface area (Å²) in [5.41, 5.74) is 13.6. The van der Waals surface area contributed by atoms with Gasteiger partial charge in [-0.05, 0) is 82.8 Å². The maximum Gasteiger partial charge on any atom is 0.136 e. The van der Waals surface area contributed by atoms with E-state index >= 15 is 0 Å². The number of benzene rings is 7. The van der Waals surface area contributed by atoms with Crippen molar-refractivity contribution >= 4 is 44.0 Å². The van der Waals surface area contributed by atoms with Gasteiger partial charge in [0.15, 0.2) is 0 Å². The standard InChI is InChI=1S/C55H35N2O2S.Pt/c1-34-27-42(55-46-21-9-8-20-45(46)54(60-55)40-24-25-44-43-19-10-11-22-52(43)59-53(44)33-40)31-48(56-34)38-17-12-18-39(28-38)49-29-41(36-15-6-3-7-16-36)30-50(57-49)47-26-23-37(32-51(47)58)35-13-4-2-5-14-35;/h2-27,29-33,58H,1H3;/q-1;. The fourth-order valence-corrected chi connectivity index (χ4v) is 9.52. The van der Waals surface area contributed by atoms with Crippen LogP contribution >= 0.6 is 11.3 Å². The fraction of sp³-hybridized carbons (Fsp3) is 0.0182. The number of phenolic OH excluding ortho intramolecular Hbond substituents is 1. The van der Waals surface area contributed by atoms with Gasteiger partial charge in [-0.15, -0.1) is 35.6 Å². The molecule has 11 aromatic rings. The van der Waals surface area contributed by atoms with Crippen LogP contribution < -0.4 is 0 Å². The average Bonchev–Trinajstić information content (AvgIpc) is 3.88. The van der Waals surface area contributed by atoms with E-state index in [1.807, 2.05) is 97.1 Å². The molecule has 4 nitrogen and oxygen atoms in total. The van der Waals surface area contributed by atoms with Gasteiger partial charge in [-0.25, -0.2) is 0 Å². The first-order valence-corrected chi connectivity index (χ1v) is 20.8. The molecule has 0 saturated carbocycles. The molecule has 4 heterocycles. The topological polar surface area (TPSA) is 59.2 Å². The summed E-state index contributed by atoms with van der Waals surface area (Å²) < 4.78 is 6.30. The molecule has 0 atom stereocenters. The molecule has 1 N–H and O–H groups in total. The Bertz CT molecular complexity index is 3410. The number of aromatic hydroxyl groups is 1. The van der Waals surface area contributed by atoms with Gasteiger partial charge in [0.05, 0.1) is 5.69 Å². The molecule has 0 unspecified atom stereocenters. The number of nitrogens with zero attached hydrogens (tertiary/aromatic N) is 2. The van der Waals surface area contributed by atoms with E-state index in [-0.39, 0.29) is 26.8 Å². The van der Waals surface area contributed by atoms with Crippen LogP contribution in [-0.4, -0.2) is 15.1 Å². The van der Waals surface area contributed by atoms with Gasteiger partial charge >= 0.3 is 0 Å². The quantitative estimate of drug-likeness (QED) is 0.162. The minimum absolute atomic E-state index is 0. The second-order valence-corrected chi connectivity index (χ2v) is 16.1. The van der Waals surface area contributed by atoms with Gasteiger partial charge in [0.1, 0.15) is 16.9 Å². The Kier molecular flexibility index (Phi) is 10.0. The Labute approximate surface area is 371 Å². The van der Waals surface area contributed by atoms with E-state index in [0.29, 0.717) is 11.3 Å². The summed E-state index contributed by atoms with van der Waals surface area (Å²) in [6.07, 6.45) is 0. The van der Waals surface area contributed by atoms with Crippen LogP contribution in [0.25, 0.3) is 110 Å². The smallest absolute Gasteiger partial charge is 0.136 e. The van der Waals surface area contributed by atoms with Gasteiger partial charge in [-0.2, -0.15) is 0 Å². The number of fused-ring (bicyclic) bond motifs is 4. The molecule has 0 bridgehead atoms. The molecular weight excluding hydrogens is 948 g/mol. The number of rotatable bonds is 7. The van der Waals surface area contributed by atoms with Crippen molar-refractivity contribution in [2.75, 3.05) is 0 Å². The van der Waals surface area contributed by atoms with E-state index in [0.717, 1.165) is 83.5 Å². The third kappa shape index (κ3) is 7.16. The number of para-hydroxylation sites is 1. The van der Waals surface area contributed by atoms with Crippen LogP contribution in [-0.2, 0) is 21.1 Å². The van der Waals surface area contributed by atoms with Gasteiger partial charge in [0.25, 0.3) is 0 Å². The van der Waals surface area contributed by atoms with Crippen LogP contribution in [0, 0.1) is 13.0 Å². The molecule has 4 aromatic heterocycles. The number of furan rings is 1. The van der Waals surface area contributed by atoms with Crippen molar-refractivity contribution in [1.29, 1.82) is 0 Å². The minimum Gasteiger partial charge on any atom is -0.507 e. The van der Waals surface area contributed by atoms with Gasteiger partial charge in [0, 0.05) is 75.0 Å². The first-order chi connectivity index (χ1) is 29.5. The maximum atomic E-state index is 11.4. The zero-order chi connectivity index (χ0) is 40.2. The third-order valence-corrected chi connectivity index (χ3v) is 12.5. The molecule has 0 fully saturated rings. The zero-order valence-electron chi connectivity index (χ0n) is 32.9. The van der Waals surface area contributed by atoms with Crippen LogP contribution in [0.1, 0.15) is 5.69 Å². The van der Waals surface area contributed by atoms with E-state index < -0.39 is 0 Å². The fourth-order valence-electron chi connectivity index (χ4n) is 8.25. The Balaban J connectivity index is 0.00000445. The maximum absolute atomic E-state index is 11.4. The summed E-state index contributed by atoms with van der Waals surface area (Å²) in [5.74, 6) is 0.175. The Morgan fingerprint density at radius 2 is 1.02 bits per heavy atom. The number of hydrogen-bond acceptors (Lipinski definition) is 5. The van der Waals surface area contributed by atoms with Gasteiger partial charge in [-0.1, -0.05) is 139 Å². The largest absolute Gasteiger partial charge is 0.507 e. The summed E-state index contributed by atoms with van der Waals surface area (Å²) in [7, 11) is 0. The van der Waals surface area contributed by atoms with Crippen LogP contribution in [0.4, 0.5) is 0 Å². The van der Waals surface area contributed by atoms with E-state index in [9.17, 15) is 5.11 Å². The monoisotopic (exact) mass is 982 g/mol. The number of pyridine rings is 2. The molecule has 7 aromatic carbocycles. The second-order valence-electron chi connectivity index (χ2n) is 15.1. The number of aryl methyl sites for hydroxylation is 1. The van der Waals surface area contributed by atoms with Crippen molar-refractivity contribution in [2.45, 2.75) is 6.92 Å². The molecule has 294 valence electrons. The van der Waals surface area contributed by atoms with Crippen LogP contribution in [0.2, 0.25) is 0 Å².